The molecular formula is C21H30FN3O3. The van der Waals surface area contributed by atoms with E-state index < -0.39 is 5.60 Å². The van der Waals surface area contributed by atoms with Gasteiger partial charge in [-0.25, -0.2) is 14.0 Å². The molecule has 0 aromatic heterocycles. The first kappa shape index (κ1) is 20.4. The number of nitrogens with one attached hydrogen (secondary N) is 1. The lowest BCUT2D eigenvalue weighted by atomic mass is 10.1. The molecule has 1 aliphatic heterocycles. The van der Waals surface area contributed by atoms with Gasteiger partial charge in [-0.3, -0.25) is 0 Å². The van der Waals surface area contributed by atoms with Crippen LogP contribution in [-0.2, 0) is 11.3 Å². The zero-order valence-corrected chi connectivity index (χ0v) is 16.9. The second-order valence-corrected chi connectivity index (χ2v) is 8.64. The van der Waals surface area contributed by atoms with Crippen LogP contribution in [0.2, 0.25) is 0 Å². The number of halogens is 1. The fraction of sp³-hybridized carbons (Fsp3) is 0.619. The minimum atomic E-state index is -0.514. The highest BCUT2D eigenvalue weighted by atomic mass is 19.1. The van der Waals surface area contributed by atoms with E-state index in [1.165, 1.54) is 6.07 Å². The molecule has 0 spiro atoms. The topological polar surface area (TPSA) is 61.9 Å². The molecular weight excluding hydrogens is 361 g/mol. The van der Waals surface area contributed by atoms with Crippen molar-refractivity contribution >= 4 is 12.1 Å². The summed E-state index contributed by atoms with van der Waals surface area (Å²) in [6.45, 7) is 6.92. The number of nitrogens with zero attached hydrogens (tertiary/aromatic N) is 2. The fourth-order valence-corrected chi connectivity index (χ4v) is 3.35. The SMILES string of the molecule is CC(C)(C)OC(=O)N1CCC(NC(=O)N(Cc2ccccc2F)C2CC2)CC1. The molecule has 0 bridgehead atoms. The summed E-state index contributed by atoms with van der Waals surface area (Å²) in [5.74, 6) is -0.286. The van der Waals surface area contributed by atoms with E-state index in [4.69, 9.17) is 4.74 Å². The van der Waals surface area contributed by atoms with Crippen molar-refractivity contribution in [3.63, 3.8) is 0 Å². The average Bonchev–Trinajstić information content (AvgIpc) is 3.45. The summed E-state index contributed by atoms with van der Waals surface area (Å²) in [5.41, 5.74) is 0.0175. The van der Waals surface area contributed by atoms with Gasteiger partial charge in [0.25, 0.3) is 0 Å². The lowest BCUT2D eigenvalue weighted by Crippen LogP contribution is -2.51. The van der Waals surface area contributed by atoms with Gasteiger partial charge in [0.1, 0.15) is 11.4 Å². The minimum Gasteiger partial charge on any atom is -0.444 e. The summed E-state index contributed by atoms with van der Waals surface area (Å²) in [6, 6.07) is 6.62. The van der Waals surface area contributed by atoms with Crippen LogP contribution in [0.1, 0.15) is 52.0 Å². The highest BCUT2D eigenvalue weighted by molar-refractivity contribution is 5.75. The first-order chi connectivity index (χ1) is 13.2. The lowest BCUT2D eigenvalue weighted by Gasteiger charge is -2.34. The number of hydrogen-bond acceptors (Lipinski definition) is 3. The molecule has 6 nitrogen and oxygen atoms in total. The van der Waals surface area contributed by atoms with E-state index in [0.717, 1.165) is 12.8 Å². The van der Waals surface area contributed by atoms with Crippen LogP contribution in [0.15, 0.2) is 24.3 Å². The average molecular weight is 391 g/mol. The van der Waals surface area contributed by atoms with Gasteiger partial charge in [-0.2, -0.15) is 0 Å². The Morgan fingerprint density at radius 1 is 1.18 bits per heavy atom. The van der Waals surface area contributed by atoms with Crippen LogP contribution in [0.4, 0.5) is 14.0 Å². The van der Waals surface area contributed by atoms with Gasteiger partial charge in [0, 0.05) is 30.7 Å². The number of urea groups is 1. The Morgan fingerprint density at radius 2 is 1.82 bits per heavy atom. The van der Waals surface area contributed by atoms with E-state index in [9.17, 15) is 14.0 Å². The zero-order valence-electron chi connectivity index (χ0n) is 16.9. The van der Waals surface area contributed by atoms with E-state index in [0.29, 0.717) is 31.5 Å². The Balaban J connectivity index is 1.51. The van der Waals surface area contributed by atoms with Crippen LogP contribution < -0.4 is 5.32 Å². The van der Waals surface area contributed by atoms with Crippen LogP contribution in [0, 0.1) is 5.82 Å². The summed E-state index contributed by atoms with van der Waals surface area (Å²) in [4.78, 5) is 28.4. The number of benzene rings is 1. The smallest absolute Gasteiger partial charge is 0.410 e. The summed E-state index contributed by atoms with van der Waals surface area (Å²) in [5, 5.41) is 3.07. The predicted octanol–water partition coefficient (Wildman–Crippen LogP) is 3.90. The highest BCUT2D eigenvalue weighted by Crippen LogP contribution is 2.29. The third-order valence-corrected chi connectivity index (χ3v) is 5.02. The van der Waals surface area contributed by atoms with Gasteiger partial charge in [-0.1, -0.05) is 18.2 Å². The monoisotopic (exact) mass is 391 g/mol. The van der Waals surface area contributed by atoms with Gasteiger partial charge in [-0.15, -0.1) is 0 Å². The minimum absolute atomic E-state index is 0.00746. The fourth-order valence-electron chi connectivity index (χ4n) is 3.35. The first-order valence-corrected chi connectivity index (χ1v) is 10.0. The standard InChI is InChI=1S/C21H30FN3O3/c1-21(2,3)28-20(27)24-12-10-16(11-13-24)23-19(26)25(17-8-9-17)14-15-6-4-5-7-18(15)22/h4-7,16-17H,8-14H2,1-3H3,(H,23,26). The maximum absolute atomic E-state index is 14.0. The molecule has 1 aromatic rings. The van der Waals surface area contributed by atoms with E-state index in [1.54, 1.807) is 28.0 Å². The molecule has 1 aromatic carbocycles. The molecule has 0 atom stereocenters. The van der Waals surface area contributed by atoms with Gasteiger partial charge < -0.3 is 19.9 Å². The molecule has 3 rings (SSSR count). The molecule has 1 saturated heterocycles. The maximum Gasteiger partial charge on any atom is 0.410 e. The third-order valence-electron chi connectivity index (χ3n) is 5.02. The maximum atomic E-state index is 14.0. The summed E-state index contributed by atoms with van der Waals surface area (Å²) < 4.78 is 19.4. The number of carbonyl (C=O) groups excluding carboxylic acids is 2. The van der Waals surface area contributed by atoms with Crippen LogP contribution in [0.5, 0.6) is 0 Å². The van der Waals surface area contributed by atoms with Crippen molar-refractivity contribution in [1.29, 1.82) is 0 Å². The zero-order chi connectivity index (χ0) is 20.3. The first-order valence-electron chi connectivity index (χ1n) is 10.0. The van der Waals surface area contributed by atoms with Crippen LogP contribution in [0.3, 0.4) is 0 Å². The number of ether oxygens (including phenoxy) is 1. The summed E-state index contributed by atoms with van der Waals surface area (Å²) in [7, 11) is 0. The van der Waals surface area contributed by atoms with E-state index in [-0.39, 0.29) is 36.6 Å². The highest BCUT2D eigenvalue weighted by Gasteiger charge is 2.35. The van der Waals surface area contributed by atoms with Gasteiger partial charge >= 0.3 is 12.1 Å². The Morgan fingerprint density at radius 3 is 2.39 bits per heavy atom. The number of hydrogen-bond donors (Lipinski definition) is 1. The Labute approximate surface area is 166 Å². The molecule has 3 amide bonds. The molecule has 1 heterocycles. The number of likely N-dealkylation sites (tertiary alicyclic amines) is 1. The van der Waals surface area contributed by atoms with Crippen LogP contribution in [-0.4, -0.2) is 52.7 Å². The van der Waals surface area contributed by atoms with E-state index in [2.05, 4.69) is 5.32 Å². The number of amides is 3. The van der Waals surface area contributed by atoms with Gasteiger partial charge in [0.05, 0.1) is 6.54 Å². The second kappa shape index (κ2) is 8.37. The van der Waals surface area contributed by atoms with Gasteiger partial charge in [0.2, 0.25) is 0 Å². The quantitative estimate of drug-likeness (QED) is 0.847. The van der Waals surface area contributed by atoms with Crippen molar-refractivity contribution in [3.05, 3.63) is 35.6 Å². The summed E-state index contributed by atoms with van der Waals surface area (Å²) >= 11 is 0. The molecule has 154 valence electrons. The van der Waals surface area contributed by atoms with Crippen LogP contribution in [0.25, 0.3) is 0 Å². The number of piperidine rings is 1. The van der Waals surface area contributed by atoms with Crippen molar-refractivity contribution in [1.82, 2.24) is 15.1 Å². The molecule has 1 N–H and O–H groups in total. The normalized spacial score (nSPS) is 17.9. The molecule has 1 aliphatic carbocycles. The van der Waals surface area contributed by atoms with Crippen LogP contribution >= 0.6 is 0 Å². The molecule has 7 heteroatoms. The van der Waals surface area contributed by atoms with E-state index >= 15 is 0 Å². The molecule has 0 unspecified atom stereocenters. The molecule has 1 saturated carbocycles. The third kappa shape index (κ3) is 5.59. The Bertz CT molecular complexity index is 707. The molecule has 28 heavy (non-hydrogen) atoms. The largest absolute Gasteiger partial charge is 0.444 e. The lowest BCUT2D eigenvalue weighted by molar-refractivity contribution is 0.0200. The van der Waals surface area contributed by atoms with Crippen molar-refractivity contribution < 1.29 is 18.7 Å². The summed E-state index contributed by atoms with van der Waals surface area (Å²) in [6.07, 6.45) is 2.97. The van der Waals surface area contributed by atoms with Crippen molar-refractivity contribution in [2.45, 2.75) is 70.7 Å². The molecule has 0 radical (unpaired) electrons. The van der Waals surface area contributed by atoms with Crippen molar-refractivity contribution in [2.75, 3.05) is 13.1 Å². The number of rotatable bonds is 4. The van der Waals surface area contributed by atoms with Gasteiger partial charge in [0.15, 0.2) is 0 Å². The second-order valence-electron chi connectivity index (χ2n) is 8.64. The van der Waals surface area contributed by atoms with Crippen molar-refractivity contribution in [2.24, 2.45) is 0 Å². The van der Waals surface area contributed by atoms with Gasteiger partial charge in [-0.05, 0) is 52.5 Å². The number of carbonyl (C=O) groups is 2. The molecule has 2 fully saturated rings. The van der Waals surface area contributed by atoms with E-state index in [1.807, 2.05) is 20.8 Å². The Kier molecular flexibility index (Phi) is 6.10. The Hall–Kier alpha value is -2.31. The molecule has 2 aliphatic rings. The predicted molar refractivity (Wildman–Crippen MR) is 104 cm³/mol. The van der Waals surface area contributed by atoms with Crippen molar-refractivity contribution in [3.8, 4) is 0 Å².